The van der Waals surface area contributed by atoms with E-state index in [2.05, 4.69) is 5.32 Å². The van der Waals surface area contributed by atoms with Gasteiger partial charge in [-0.1, -0.05) is 29.8 Å². The van der Waals surface area contributed by atoms with E-state index >= 15 is 0 Å². The number of amides is 1. The van der Waals surface area contributed by atoms with E-state index in [1.165, 1.54) is 0 Å². The number of nitrogens with one attached hydrogen (secondary N) is 1. The van der Waals surface area contributed by atoms with Crippen molar-refractivity contribution in [3.05, 3.63) is 35.4 Å². The Kier molecular flexibility index (Phi) is 4.70. The number of benzene rings is 1. The van der Waals surface area contributed by atoms with Crippen LogP contribution in [-0.2, 0) is 14.6 Å². The van der Waals surface area contributed by atoms with Gasteiger partial charge in [0.2, 0.25) is 5.91 Å². The molecule has 1 aliphatic rings. The number of Topliss-reactive ketones (excluding diaryl/α,β-unsaturated/α-hetero) is 1. The van der Waals surface area contributed by atoms with E-state index in [4.69, 9.17) is 0 Å². The van der Waals surface area contributed by atoms with Crippen LogP contribution in [0.3, 0.4) is 0 Å². The lowest BCUT2D eigenvalue weighted by Crippen LogP contribution is -2.46. The maximum Gasteiger partial charge on any atom is 0.220 e. The van der Waals surface area contributed by atoms with E-state index in [-0.39, 0.29) is 36.0 Å². The fourth-order valence-electron chi connectivity index (χ4n) is 2.62. The molecule has 0 spiro atoms. The Bertz CT molecular complexity index is 679. The molecule has 0 aromatic heterocycles. The molecule has 1 aromatic carbocycles. The van der Waals surface area contributed by atoms with E-state index in [0.717, 1.165) is 5.56 Å². The molecule has 1 heterocycles. The molecule has 1 fully saturated rings. The van der Waals surface area contributed by atoms with Gasteiger partial charge >= 0.3 is 0 Å². The van der Waals surface area contributed by atoms with Gasteiger partial charge in [-0.25, -0.2) is 8.42 Å². The summed E-state index contributed by atoms with van der Waals surface area (Å²) in [5, 5.41) is 2.76. The molecule has 1 saturated heterocycles. The molecular weight excluding hydrogens is 302 g/mol. The van der Waals surface area contributed by atoms with Crippen LogP contribution in [0.4, 0.5) is 0 Å². The highest BCUT2D eigenvalue weighted by Gasteiger charge is 2.39. The van der Waals surface area contributed by atoms with E-state index in [0.29, 0.717) is 12.0 Å². The van der Waals surface area contributed by atoms with Gasteiger partial charge in [0.25, 0.3) is 0 Å². The Hall–Kier alpha value is -1.69. The monoisotopic (exact) mass is 323 g/mol. The molecule has 0 aliphatic carbocycles. The topological polar surface area (TPSA) is 80.3 Å². The summed E-state index contributed by atoms with van der Waals surface area (Å²) >= 11 is 0. The van der Waals surface area contributed by atoms with Crippen LogP contribution in [0.2, 0.25) is 0 Å². The van der Waals surface area contributed by atoms with Crippen molar-refractivity contribution in [1.29, 1.82) is 0 Å². The van der Waals surface area contributed by atoms with Gasteiger partial charge in [0, 0.05) is 18.4 Å². The number of aryl methyl sites for hydroxylation is 1. The predicted molar refractivity (Wildman–Crippen MR) is 84.6 cm³/mol. The van der Waals surface area contributed by atoms with Gasteiger partial charge in [-0.3, -0.25) is 9.59 Å². The van der Waals surface area contributed by atoms with Crippen LogP contribution < -0.4 is 5.32 Å². The van der Waals surface area contributed by atoms with Gasteiger partial charge in [0.1, 0.15) is 0 Å². The summed E-state index contributed by atoms with van der Waals surface area (Å²) in [7, 11) is -3.06. The van der Waals surface area contributed by atoms with Gasteiger partial charge < -0.3 is 5.32 Å². The van der Waals surface area contributed by atoms with Crippen LogP contribution in [0.15, 0.2) is 24.3 Å². The van der Waals surface area contributed by atoms with Crippen LogP contribution in [0.25, 0.3) is 0 Å². The first-order chi connectivity index (χ1) is 10.2. The number of carbonyl (C=O) groups excluding carboxylic acids is 2. The molecule has 1 aliphatic heterocycles. The molecule has 1 amide bonds. The molecule has 1 N–H and O–H groups in total. The molecule has 0 bridgehead atoms. The number of carbonyl (C=O) groups is 2. The summed E-state index contributed by atoms with van der Waals surface area (Å²) in [6, 6.07) is 7.22. The van der Waals surface area contributed by atoms with Crippen LogP contribution in [-0.4, -0.2) is 37.2 Å². The summed E-state index contributed by atoms with van der Waals surface area (Å²) in [5.41, 5.74) is 0.959. The predicted octanol–water partition coefficient (Wildman–Crippen LogP) is 1.65. The van der Waals surface area contributed by atoms with E-state index in [1.54, 1.807) is 19.1 Å². The first-order valence-electron chi connectivity index (χ1n) is 7.30. The highest BCUT2D eigenvalue weighted by atomic mass is 32.2. The molecular formula is C16H21NO4S. The van der Waals surface area contributed by atoms with Crippen molar-refractivity contribution in [1.82, 2.24) is 5.32 Å². The highest BCUT2D eigenvalue weighted by molar-refractivity contribution is 7.91. The second-order valence-corrected chi connectivity index (χ2v) is 8.42. The van der Waals surface area contributed by atoms with Crippen LogP contribution in [0.5, 0.6) is 0 Å². The lowest BCUT2D eigenvalue weighted by Gasteiger charge is -2.23. The molecule has 2 rings (SSSR count). The zero-order valence-corrected chi connectivity index (χ0v) is 13.7. The zero-order valence-electron chi connectivity index (χ0n) is 12.9. The number of sulfone groups is 1. The van der Waals surface area contributed by atoms with Crippen molar-refractivity contribution < 1.29 is 18.0 Å². The molecule has 6 heteroatoms. The van der Waals surface area contributed by atoms with Gasteiger partial charge in [0.15, 0.2) is 15.6 Å². The fourth-order valence-corrected chi connectivity index (χ4v) is 4.71. The molecule has 5 nitrogen and oxygen atoms in total. The average Bonchev–Trinajstić information content (AvgIpc) is 2.70. The van der Waals surface area contributed by atoms with Crippen molar-refractivity contribution in [3.8, 4) is 0 Å². The Morgan fingerprint density at radius 1 is 1.18 bits per heavy atom. The van der Waals surface area contributed by atoms with Crippen molar-refractivity contribution >= 4 is 21.5 Å². The van der Waals surface area contributed by atoms with Gasteiger partial charge in [-0.15, -0.1) is 0 Å². The minimum atomic E-state index is -3.06. The quantitative estimate of drug-likeness (QED) is 0.836. The number of ketones is 1. The summed E-state index contributed by atoms with van der Waals surface area (Å²) in [4.78, 5) is 24.0. The van der Waals surface area contributed by atoms with E-state index < -0.39 is 15.4 Å². The molecule has 0 radical (unpaired) electrons. The lowest BCUT2D eigenvalue weighted by molar-refractivity contribution is -0.122. The van der Waals surface area contributed by atoms with Crippen LogP contribution >= 0.6 is 0 Å². The summed E-state index contributed by atoms with van der Waals surface area (Å²) in [5.74, 6) is -0.289. The van der Waals surface area contributed by atoms with Gasteiger partial charge in [-0.2, -0.15) is 0 Å². The normalized spacial score (nSPS) is 23.2. The molecule has 120 valence electrons. The maximum atomic E-state index is 12.0. The van der Waals surface area contributed by atoms with Gasteiger partial charge in [-0.05, 0) is 20.3 Å². The molecule has 1 aromatic rings. The Labute approximate surface area is 131 Å². The Balaban J connectivity index is 1.85. The third kappa shape index (κ3) is 4.40. The first-order valence-corrected chi connectivity index (χ1v) is 9.13. The van der Waals surface area contributed by atoms with E-state index in [9.17, 15) is 18.0 Å². The van der Waals surface area contributed by atoms with Crippen molar-refractivity contribution in [3.63, 3.8) is 0 Å². The molecule has 0 unspecified atom stereocenters. The number of rotatable bonds is 5. The number of hydrogen-bond acceptors (Lipinski definition) is 4. The minimum Gasteiger partial charge on any atom is -0.350 e. The standard InChI is InChI=1S/C16H21NO4S/c1-12-3-5-13(6-4-12)14(18)7-8-15(19)17-16(2)9-10-22(20,21)11-16/h3-6H,7-11H2,1-2H3,(H,17,19)/t16-/m1/s1. The maximum absolute atomic E-state index is 12.0. The van der Waals surface area contributed by atoms with Crippen LogP contribution in [0, 0.1) is 6.92 Å². The Morgan fingerprint density at radius 2 is 1.82 bits per heavy atom. The second kappa shape index (κ2) is 6.20. The average molecular weight is 323 g/mol. The summed E-state index contributed by atoms with van der Waals surface area (Å²) < 4.78 is 23.0. The van der Waals surface area contributed by atoms with Crippen LogP contribution in [0.1, 0.15) is 42.1 Å². The summed E-state index contributed by atoms with van der Waals surface area (Å²) in [6.45, 7) is 3.68. The highest BCUT2D eigenvalue weighted by Crippen LogP contribution is 2.23. The lowest BCUT2D eigenvalue weighted by atomic mass is 10.0. The Morgan fingerprint density at radius 3 is 2.36 bits per heavy atom. The largest absolute Gasteiger partial charge is 0.350 e. The molecule has 1 atom stereocenters. The number of hydrogen-bond donors (Lipinski definition) is 1. The SMILES string of the molecule is Cc1ccc(C(=O)CCC(=O)N[C@]2(C)CCS(=O)(=O)C2)cc1. The van der Waals surface area contributed by atoms with Crippen molar-refractivity contribution in [2.24, 2.45) is 0 Å². The fraction of sp³-hybridized carbons (Fsp3) is 0.500. The molecule has 0 saturated carbocycles. The second-order valence-electron chi connectivity index (χ2n) is 6.24. The third-order valence-electron chi connectivity index (χ3n) is 3.90. The summed E-state index contributed by atoms with van der Waals surface area (Å²) in [6.07, 6.45) is 0.618. The minimum absolute atomic E-state index is 0.0301. The third-order valence-corrected chi connectivity index (χ3v) is 5.80. The molecule has 22 heavy (non-hydrogen) atoms. The van der Waals surface area contributed by atoms with E-state index in [1.807, 2.05) is 19.1 Å². The first kappa shape index (κ1) is 16.7. The zero-order chi connectivity index (χ0) is 16.4. The smallest absolute Gasteiger partial charge is 0.220 e. The van der Waals surface area contributed by atoms with Crippen molar-refractivity contribution in [2.75, 3.05) is 11.5 Å². The van der Waals surface area contributed by atoms with Gasteiger partial charge in [0.05, 0.1) is 17.0 Å². The van der Waals surface area contributed by atoms with Crippen molar-refractivity contribution in [2.45, 2.75) is 38.6 Å².